The number of ether oxygens (including phenoxy) is 1. The number of hydrogen-bond acceptors (Lipinski definition) is 3. The zero-order valence-electron chi connectivity index (χ0n) is 14.2. The van der Waals surface area contributed by atoms with E-state index in [1.807, 2.05) is 36.4 Å². The Morgan fingerprint density at radius 3 is 2.23 bits per heavy atom. The number of hydrogen-bond donors (Lipinski definition) is 1. The van der Waals surface area contributed by atoms with Crippen LogP contribution in [0.15, 0.2) is 89.9 Å². The van der Waals surface area contributed by atoms with E-state index in [9.17, 15) is 4.39 Å². The molecular weight excluding hydrogens is 327 g/mol. The molecule has 0 amide bonds. The van der Waals surface area contributed by atoms with Crippen molar-refractivity contribution >= 4 is 5.84 Å². The van der Waals surface area contributed by atoms with Gasteiger partial charge in [0, 0.05) is 6.07 Å². The van der Waals surface area contributed by atoms with Gasteiger partial charge in [0.2, 0.25) is 0 Å². The summed E-state index contributed by atoms with van der Waals surface area (Å²) in [7, 11) is 0. The highest BCUT2D eigenvalue weighted by molar-refractivity contribution is 5.86. The summed E-state index contributed by atoms with van der Waals surface area (Å²) in [5.41, 5.74) is 2.32. The van der Waals surface area contributed by atoms with Crippen LogP contribution in [0.1, 0.15) is 23.2 Å². The number of nitrogens with zero attached hydrogens (tertiary/aromatic N) is 1. The summed E-state index contributed by atoms with van der Waals surface area (Å²) in [5, 5.41) is 3.47. The van der Waals surface area contributed by atoms with Crippen LogP contribution in [0.5, 0.6) is 5.75 Å². The van der Waals surface area contributed by atoms with E-state index in [0.29, 0.717) is 5.75 Å². The maximum Gasteiger partial charge on any atom is 0.145 e. The molecule has 3 aromatic rings. The van der Waals surface area contributed by atoms with Crippen LogP contribution >= 0.6 is 0 Å². The van der Waals surface area contributed by atoms with Crippen molar-refractivity contribution < 1.29 is 9.13 Å². The number of nitrogens with one attached hydrogen (secondary N) is 1. The normalized spacial score (nSPS) is 18.9. The minimum atomic E-state index is -0.312. The second-order valence-corrected chi connectivity index (χ2v) is 6.21. The second kappa shape index (κ2) is 7.40. The average molecular weight is 346 g/mol. The lowest BCUT2D eigenvalue weighted by atomic mass is 9.95. The Kier molecular flexibility index (Phi) is 4.65. The molecular formula is C22H19FN2O. The first-order chi connectivity index (χ1) is 12.8. The Morgan fingerprint density at radius 1 is 0.846 bits per heavy atom. The Balaban J connectivity index is 1.56. The van der Waals surface area contributed by atoms with Crippen molar-refractivity contribution in [3.63, 3.8) is 0 Å². The predicted molar refractivity (Wildman–Crippen MR) is 101 cm³/mol. The van der Waals surface area contributed by atoms with Crippen molar-refractivity contribution in [2.24, 2.45) is 4.99 Å². The van der Waals surface area contributed by atoms with Crippen LogP contribution in [0.3, 0.4) is 0 Å². The molecule has 0 spiro atoms. The van der Waals surface area contributed by atoms with Crippen LogP contribution in [0, 0.1) is 5.82 Å². The molecule has 26 heavy (non-hydrogen) atoms. The lowest BCUT2D eigenvalue weighted by molar-refractivity contribution is 0.370. The van der Waals surface area contributed by atoms with E-state index >= 15 is 0 Å². The lowest BCUT2D eigenvalue weighted by Crippen LogP contribution is -2.28. The first kappa shape index (κ1) is 16.3. The third-order valence-electron chi connectivity index (χ3n) is 4.40. The number of benzene rings is 3. The van der Waals surface area contributed by atoms with Crippen LogP contribution in [0.2, 0.25) is 0 Å². The van der Waals surface area contributed by atoms with E-state index in [2.05, 4.69) is 29.6 Å². The number of halogens is 1. The van der Waals surface area contributed by atoms with Gasteiger partial charge in [-0.25, -0.2) is 4.39 Å². The van der Waals surface area contributed by atoms with Crippen LogP contribution in [0.25, 0.3) is 0 Å². The number of aliphatic imine (C=N–C) groups is 1. The zero-order valence-corrected chi connectivity index (χ0v) is 14.2. The third-order valence-corrected chi connectivity index (χ3v) is 4.40. The zero-order chi connectivity index (χ0) is 17.8. The van der Waals surface area contributed by atoms with E-state index in [1.54, 1.807) is 12.1 Å². The molecule has 1 aliphatic heterocycles. The van der Waals surface area contributed by atoms with Crippen molar-refractivity contribution in [3.05, 3.63) is 102 Å². The smallest absolute Gasteiger partial charge is 0.145 e. The molecule has 0 aromatic heterocycles. The van der Waals surface area contributed by atoms with Gasteiger partial charge in [0.1, 0.15) is 30.1 Å². The standard InChI is InChI=1S/C22H19FN2O/c23-18-12-7-13-19(14-18)26-15-20-24-21(16-8-3-1-4-9-16)22(25-20)17-10-5-2-6-11-17/h1-14,21-22H,15H2,(H,24,25)/t21-,22+. The minimum Gasteiger partial charge on any atom is -0.486 e. The minimum absolute atomic E-state index is 0.0234. The van der Waals surface area contributed by atoms with Gasteiger partial charge in [-0.1, -0.05) is 66.7 Å². The molecule has 0 fully saturated rings. The number of rotatable bonds is 5. The predicted octanol–water partition coefficient (Wildman–Crippen LogP) is 4.69. The summed E-state index contributed by atoms with van der Waals surface area (Å²) in [6.07, 6.45) is 0. The Bertz CT molecular complexity index is 896. The molecule has 3 aromatic carbocycles. The van der Waals surface area contributed by atoms with E-state index in [-0.39, 0.29) is 24.5 Å². The largest absolute Gasteiger partial charge is 0.486 e. The maximum atomic E-state index is 13.3. The summed E-state index contributed by atoms with van der Waals surface area (Å²) in [6.45, 7) is 0.274. The van der Waals surface area contributed by atoms with E-state index in [4.69, 9.17) is 9.73 Å². The summed E-state index contributed by atoms with van der Waals surface area (Å²) in [4.78, 5) is 4.84. The quantitative estimate of drug-likeness (QED) is 0.727. The summed E-state index contributed by atoms with van der Waals surface area (Å²) in [6, 6.07) is 26.6. The van der Waals surface area contributed by atoms with Gasteiger partial charge in [-0.15, -0.1) is 0 Å². The van der Waals surface area contributed by atoms with E-state index < -0.39 is 0 Å². The molecule has 0 radical (unpaired) electrons. The van der Waals surface area contributed by atoms with Crippen molar-refractivity contribution in [3.8, 4) is 5.75 Å². The van der Waals surface area contributed by atoms with Gasteiger partial charge in [0.05, 0.1) is 6.04 Å². The molecule has 2 atom stereocenters. The Labute approximate surface area is 152 Å². The summed E-state index contributed by atoms with van der Waals surface area (Å²) >= 11 is 0. The van der Waals surface area contributed by atoms with Crippen molar-refractivity contribution in [2.45, 2.75) is 12.1 Å². The Morgan fingerprint density at radius 2 is 1.54 bits per heavy atom. The van der Waals surface area contributed by atoms with Gasteiger partial charge in [-0.3, -0.25) is 4.99 Å². The van der Waals surface area contributed by atoms with Gasteiger partial charge in [0.25, 0.3) is 0 Å². The molecule has 130 valence electrons. The van der Waals surface area contributed by atoms with Crippen LogP contribution in [0.4, 0.5) is 4.39 Å². The van der Waals surface area contributed by atoms with Crippen molar-refractivity contribution in [2.75, 3.05) is 6.61 Å². The summed E-state index contributed by atoms with van der Waals surface area (Å²) in [5.74, 6) is 0.944. The first-order valence-corrected chi connectivity index (χ1v) is 8.61. The molecule has 0 bridgehead atoms. The van der Waals surface area contributed by atoms with Gasteiger partial charge < -0.3 is 10.1 Å². The monoisotopic (exact) mass is 346 g/mol. The van der Waals surface area contributed by atoms with Crippen molar-refractivity contribution in [1.82, 2.24) is 5.32 Å². The van der Waals surface area contributed by atoms with E-state index in [0.717, 1.165) is 11.4 Å². The maximum absolute atomic E-state index is 13.3. The highest BCUT2D eigenvalue weighted by Gasteiger charge is 2.31. The lowest BCUT2D eigenvalue weighted by Gasteiger charge is -2.19. The fraction of sp³-hybridized carbons (Fsp3) is 0.136. The molecule has 0 aliphatic carbocycles. The molecule has 0 saturated heterocycles. The highest BCUT2D eigenvalue weighted by atomic mass is 19.1. The second-order valence-electron chi connectivity index (χ2n) is 6.21. The molecule has 4 rings (SSSR count). The number of amidine groups is 1. The van der Waals surface area contributed by atoms with Crippen molar-refractivity contribution in [1.29, 1.82) is 0 Å². The van der Waals surface area contributed by atoms with Gasteiger partial charge in [-0.2, -0.15) is 0 Å². The van der Waals surface area contributed by atoms with E-state index in [1.165, 1.54) is 17.7 Å². The van der Waals surface area contributed by atoms with Crippen LogP contribution in [-0.4, -0.2) is 12.4 Å². The summed E-state index contributed by atoms with van der Waals surface area (Å²) < 4.78 is 19.0. The molecule has 4 heteroatoms. The average Bonchev–Trinajstić information content (AvgIpc) is 3.12. The SMILES string of the molecule is Fc1cccc(OCC2=N[C@@H](c3ccccc3)[C@@H](c3ccccc3)N2)c1. The molecule has 0 unspecified atom stereocenters. The molecule has 1 aliphatic rings. The van der Waals surface area contributed by atoms with Crippen LogP contribution < -0.4 is 10.1 Å². The molecule has 0 saturated carbocycles. The Hall–Kier alpha value is -3.14. The van der Waals surface area contributed by atoms with Gasteiger partial charge >= 0.3 is 0 Å². The molecule has 1 N–H and O–H groups in total. The fourth-order valence-electron chi connectivity index (χ4n) is 3.17. The molecule has 1 heterocycles. The fourth-order valence-corrected chi connectivity index (χ4v) is 3.17. The van der Waals surface area contributed by atoms with Crippen LogP contribution in [-0.2, 0) is 0 Å². The topological polar surface area (TPSA) is 33.6 Å². The highest BCUT2D eigenvalue weighted by Crippen LogP contribution is 2.35. The molecule has 3 nitrogen and oxygen atoms in total. The van der Waals surface area contributed by atoms with Gasteiger partial charge in [0.15, 0.2) is 0 Å². The van der Waals surface area contributed by atoms with Gasteiger partial charge in [-0.05, 0) is 23.3 Å². The third kappa shape index (κ3) is 3.59. The first-order valence-electron chi connectivity index (χ1n) is 8.61.